The van der Waals surface area contributed by atoms with E-state index in [4.69, 9.17) is 47.5 Å². The molecule has 4 unspecified atom stereocenters. The largest absolute Gasteiger partial charge is 0.507 e. The van der Waals surface area contributed by atoms with Crippen molar-refractivity contribution in [2.24, 2.45) is 0 Å². The first-order valence-corrected chi connectivity index (χ1v) is 30.8. The number of anilines is 2. The zero-order valence-corrected chi connectivity index (χ0v) is 49.6. The number of aliphatic hydroxyl groups is 3. The summed E-state index contributed by atoms with van der Waals surface area (Å²) in [5.41, 5.74) is -2.22. The number of carbonyl (C=O) groups is 5. The van der Waals surface area contributed by atoms with E-state index in [1.807, 2.05) is 12.1 Å². The molecular weight excluding hydrogens is 1190 g/mol. The van der Waals surface area contributed by atoms with Crippen molar-refractivity contribution in [3.8, 4) is 34.6 Å². The van der Waals surface area contributed by atoms with E-state index in [1.54, 1.807) is 30.1 Å². The van der Waals surface area contributed by atoms with Gasteiger partial charge < -0.3 is 73.3 Å². The monoisotopic (exact) mass is 1250 g/mol. The van der Waals surface area contributed by atoms with Crippen molar-refractivity contribution in [1.82, 2.24) is 39.6 Å². The first kappa shape index (κ1) is 61.6. The standard InChI is InChI=1S/C58H64N10O18S2/c1-31-47(71)37(26-42(85-31)86-40-28-58(78,41(70)30-69)27-35-44(40)51(75)46-45(49(35)73)48(72)34-6-4-7-38(80-3)43(34)50(46)74)60-56(76)83-22-24-87-88-25-23-84-57(77)63-55-62-53-36(54-61-52(64-68(54)55)39-8-5-19-82-39)29-59-67(53)18-15-65-13-16-66(17-14-65)32-9-11-33(12-10-32)81-21-20-79-2/h4-12,19,29,31,37,40,42,47,69,71,73,75,78H,13-18,20-28,30H2,1-3H3,(H,60,76)(H,62,63,77)/t31?,37?,40-,42?,47?,58-/m0/s1. The van der Waals surface area contributed by atoms with Gasteiger partial charge in [0, 0.05) is 93.0 Å². The first-order chi connectivity index (χ1) is 42.6. The average molecular weight is 1250 g/mol. The number of phenols is 2. The molecule has 2 aliphatic carbocycles. The number of benzene rings is 3. The number of fused-ring (bicyclic) bond motifs is 6. The van der Waals surface area contributed by atoms with Gasteiger partial charge in [-0.15, -0.1) is 5.10 Å². The fourth-order valence-corrected chi connectivity index (χ4v) is 12.9. The Morgan fingerprint density at radius 2 is 1.60 bits per heavy atom. The quantitative estimate of drug-likeness (QED) is 0.0267. The fourth-order valence-electron chi connectivity index (χ4n) is 11.3. The van der Waals surface area contributed by atoms with Crippen LogP contribution in [0.2, 0.25) is 0 Å². The SMILES string of the molecule is COCCOc1ccc(N2CCN(CCn3ncc4c3nc(NC(=O)OCCSSCCOC(=O)NC3CC(O[C@H]5C[C@](O)(C(=O)CO)Cc6c(O)c7c(c(O)c65)C(=O)c5c(OC)cccc5C7=O)OC(C)C3O)n3nc(-c5ccco5)nc43)CC2)cc1. The van der Waals surface area contributed by atoms with E-state index in [1.165, 1.54) is 64.6 Å². The molecule has 466 valence electrons. The van der Waals surface area contributed by atoms with E-state index in [2.05, 4.69) is 42.8 Å². The number of hydrogen-bond donors (Lipinski definition) is 7. The number of methoxy groups -OCH3 is 2. The second-order valence-electron chi connectivity index (χ2n) is 21.1. The highest BCUT2D eigenvalue weighted by atomic mass is 33.1. The summed E-state index contributed by atoms with van der Waals surface area (Å²) in [4.78, 5) is 81.7. The lowest BCUT2D eigenvalue weighted by Crippen LogP contribution is -2.56. The van der Waals surface area contributed by atoms with Crippen LogP contribution in [0.1, 0.15) is 68.8 Å². The number of ketones is 3. The van der Waals surface area contributed by atoms with E-state index in [9.17, 15) is 49.5 Å². The summed E-state index contributed by atoms with van der Waals surface area (Å²) >= 11 is 0. The summed E-state index contributed by atoms with van der Waals surface area (Å²) < 4.78 is 48.1. The minimum absolute atomic E-state index is 0.00209. The Labute approximate surface area is 509 Å². The molecule has 2 aliphatic heterocycles. The van der Waals surface area contributed by atoms with Crippen molar-refractivity contribution in [2.75, 3.05) is 102 Å². The number of ether oxygens (including phenoxy) is 7. The summed E-state index contributed by atoms with van der Waals surface area (Å²) in [5, 5.41) is 71.4. The number of hydrogen-bond acceptors (Lipinski definition) is 26. The second kappa shape index (κ2) is 26.7. The molecule has 0 spiro atoms. The molecule has 6 atom stereocenters. The van der Waals surface area contributed by atoms with Crippen molar-refractivity contribution in [2.45, 2.75) is 69.0 Å². The fraction of sp³-hybridized carbons (Fsp3) is 0.431. The summed E-state index contributed by atoms with van der Waals surface area (Å²) in [6, 6.07) is 14.8. The van der Waals surface area contributed by atoms with Crippen LogP contribution in [0.5, 0.6) is 23.0 Å². The van der Waals surface area contributed by atoms with Gasteiger partial charge in [0.2, 0.25) is 17.6 Å². The molecule has 28 nitrogen and oxygen atoms in total. The zero-order valence-electron chi connectivity index (χ0n) is 48.0. The summed E-state index contributed by atoms with van der Waals surface area (Å²) in [6.07, 6.45) is -5.09. The lowest BCUT2D eigenvalue weighted by Gasteiger charge is -2.42. The molecule has 2 amide bonds. The number of amides is 2. The number of carbonyl (C=O) groups excluding carboxylic acids is 5. The van der Waals surface area contributed by atoms with Gasteiger partial charge in [-0.2, -0.15) is 14.6 Å². The Kier molecular flexibility index (Phi) is 18.7. The van der Waals surface area contributed by atoms with Gasteiger partial charge >= 0.3 is 12.2 Å². The topological polar surface area (TPSA) is 356 Å². The van der Waals surface area contributed by atoms with Gasteiger partial charge in [0.05, 0.1) is 73.0 Å². The number of phenolic OH excluding ortho intramolecular Hbond substituents is 2. The molecule has 7 N–H and O–H groups in total. The number of nitrogens with one attached hydrogen (secondary N) is 2. The van der Waals surface area contributed by atoms with Gasteiger partial charge in [-0.3, -0.25) is 24.6 Å². The minimum Gasteiger partial charge on any atom is -0.507 e. The van der Waals surface area contributed by atoms with Gasteiger partial charge in [-0.05, 0) is 49.4 Å². The number of aliphatic hydroxyl groups excluding tert-OH is 2. The minimum atomic E-state index is -2.39. The molecule has 0 bridgehead atoms. The van der Waals surface area contributed by atoms with E-state index in [-0.39, 0.29) is 59.4 Å². The molecule has 6 heterocycles. The third-order valence-corrected chi connectivity index (χ3v) is 18.1. The van der Waals surface area contributed by atoms with Crippen molar-refractivity contribution in [3.05, 3.63) is 100 Å². The third-order valence-electron chi connectivity index (χ3n) is 15.7. The van der Waals surface area contributed by atoms with E-state index >= 15 is 0 Å². The number of piperazine rings is 1. The normalized spacial score (nSPS) is 21.0. The van der Waals surface area contributed by atoms with Crippen LogP contribution in [0.25, 0.3) is 28.3 Å². The summed E-state index contributed by atoms with van der Waals surface area (Å²) in [5.74, 6) is -1.99. The molecule has 0 radical (unpaired) electrons. The third kappa shape index (κ3) is 12.7. The van der Waals surface area contributed by atoms with Crippen molar-refractivity contribution >= 4 is 79.4 Å². The van der Waals surface area contributed by atoms with Gasteiger partial charge in [-0.25, -0.2) is 19.3 Å². The maximum absolute atomic E-state index is 14.1. The van der Waals surface area contributed by atoms with Crippen molar-refractivity contribution in [1.29, 1.82) is 0 Å². The van der Waals surface area contributed by atoms with Gasteiger partial charge in [0.1, 0.15) is 61.1 Å². The maximum Gasteiger partial charge on any atom is 0.414 e. The lowest BCUT2D eigenvalue weighted by atomic mass is 9.72. The second-order valence-corrected chi connectivity index (χ2v) is 23.8. The number of Topliss-reactive ketones (excluding diaryl/α,β-unsaturated/α-hetero) is 1. The molecule has 0 saturated carbocycles. The zero-order chi connectivity index (χ0) is 61.8. The molecule has 4 aromatic heterocycles. The summed E-state index contributed by atoms with van der Waals surface area (Å²) in [6.45, 7) is 5.94. The highest BCUT2D eigenvalue weighted by Gasteiger charge is 2.50. The van der Waals surface area contributed by atoms with Crippen LogP contribution in [-0.4, -0.2) is 211 Å². The Balaban J connectivity index is 0.656. The van der Waals surface area contributed by atoms with Crippen LogP contribution in [0.15, 0.2) is 71.5 Å². The van der Waals surface area contributed by atoms with Crippen LogP contribution in [0.3, 0.4) is 0 Å². The van der Waals surface area contributed by atoms with Crippen molar-refractivity contribution < 1.29 is 87.1 Å². The molecule has 2 fully saturated rings. The van der Waals surface area contributed by atoms with Crippen LogP contribution in [-0.2, 0) is 41.4 Å². The number of alkyl carbamates (subject to hydrolysis) is 1. The molecule has 4 aliphatic rings. The van der Waals surface area contributed by atoms with Gasteiger partial charge in [0.25, 0.3) is 0 Å². The maximum atomic E-state index is 14.1. The van der Waals surface area contributed by atoms with Crippen LogP contribution in [0.4, 0.5) is 21.2 Å². The van der Waals surface area contributed by atoms with Crippen LogP contribution >= 0.6 is 21.6 Å². The number of aromatic hydroxyl groups is 2. The van der Waals surface area contributed by atoms with Crippen LogP contribution < -0.4 is 25.0 Å². The average Bonchev–Trinajstić information content (AvgIpc) is 0.894. The number of nitrogens with zero attached hydrogens (tertiary/aromatic N) is 8. The molecule has 88 heavy (non-hydrogen) atoms. The Morgan fingerprint density at radius 3 is 2.32 bits per heavy atom. The Morgan fingerprint density at radius 1 is 0.852 bits per heavy atom. The predicted octanol–water partition coefficient (Wildman–Crippen LogP) is 4.29. The molecule has 11 rings (SSSR count). The lowest BCUT2D eigenvalue weighted by molar-refractivity contribution is -0.249. The predicted molar refractivity (Wildman–Crippen MR) is 316 cm³/mol. The molecular formula is C58H64N10O18S2. The molecule has 30 heteroatoms. The highest BCUT2D eigenvalue weighted by Crippen LogP contribution is 2.53. The number of rotatable bonds is 23. The smallest absolute Gasteiger partial charge is 0.414 e. The molecule has 7 aromatic rings. The van der Waals surface area contributed by atoms with Crippen LogP contribution in [0, 0.1) is 0 Å². The van der Waals surface area contributed by atoms with Crippen molar-refractivity contribution in [3.63, 3.8) is 0 Å². The molecule has 3 aromatic carbocycles. The van der Waals surface area contributed by atoms with Gasteiger partial charge in [0.15, 0.2) is 34.9 Å². The number of aromatic nitrogens is 6. The molecule has 2 saturated heterocycles. The number of furan rings is 1. The van der Waals surface area contributed by atoms with Gasteiger partial charge in [-0.1, -0.05) is 33.7 Å². The highest BCUT2D eigenvalue weighted by molar-refractivity contribution is 8.76. The van der Waals surface area contributed by atoms with E-state index in [0.717, 1.165) is 37.6 Å². The van der Waals surface area contributed by atoms with E-state index < -0.39 is 108 Å². The van der Waals surface area contributed by atoms with E-state index in [0.29, 0.717) is 60.2 Å². The summed E-state index contributed by atoms with van der Waals surface area (Å²) in [7, 11) is 5.65. The Bertz CT molecular complexity index is 3730. The first-order valence-electron chi connectivity index (χ1n) is 28.3. The Hall–Kier alpha value is -8.07.